The maximum Gasteiger partial charge on any atom is 0.261 e. The summed E-state index contributed by atoms with van der Waals surface area (Å²) < 4.78 is 32.7. The van der Waals surface area contributed by atoms with E-state index >= 15 is 0 Å². The zero-order valence-corrected chi connectivity index (χ0v) is 16.9. The SMILES string of the molecule is COc1ccc(S(=O)(=O)Nc2cccc(C(=O)Nc3ccc(CC#N)cc3)c2)cc1. The van der Waals surface area contributed by atoms with Crippen molar-refractivity contribution in [3.05, 3.63) is 83.9 Å². The number of methoxy groups -OCH3 is 1. The van der Waals surface area contributed by atoms with Gasteiger partial charge in [-0.1, -0.05) is 18.2 Å². The highest BCUT2D eigenvalue weighted by Crippen LogP contribution is 2.20. The van der Waals surface area contributed by atoms with Gasteiger partial charge in [0.1, 0.15) is 5.75 Å². The molecule has 0 aliphatic rings. The average Bonchev–Trinajstić information content (AvgIpc) is 2.75. The maximum atomic E-state index is 12.6. The van der Waals surface area contributed by atoms with E-state index in [9.17, 15) is 13.2 Å². The lowest BCUT2D eigenvalue weighted by Gasteiger charge is -2.11. The minimum absolute atomic E-state index is 0.0793. The Labute approximate surface area is 175 Å². The van der Waals surface area contributed by atoms with Crippen LogP contribution in [0.15, 0.2) is 77.7 Å². The number of hydrogen-bond acceptors (Lipinski definition) is 5. The van der Waals surface area contributed by atoms with Crippen molar-refractivity contribution < 1.29 is 17.9 Å². The summed E-state index contributed by atoms with van der Waals surface area (Å²) in [5, 5.41) is 11.5. The van der Waals surface area contributed by atoms with Gasteiger partial charge in [0.05, 0.1) is 24.5 Å². The van der Waals surface area contributed by atoms with E-state index in [-0.39, 0.29) is 16.5 Å². The van der Waals surface area contributed by atoms with E-state index in [0.29, 0.717) is 23.4 Å². The van der Waals surface area contributed by atoms with E-state index in [1.807, 2.05) is 0 Å². The predicted molar refractivity (Wildman–Crippen MR) is 114 cm³/mol. The van der Waals surface area contributed by atoms with Crippen LogP contribution in [0.25, 0.3) is 0 Å². The molecule has 2 N–H and O–H groups in total. The minimum Gasteiger partial charge on any atom is -0.497 e. The Bertz CT molecular complexity index is 1180. The average molecular weight is 421 g/mol. The minimum atomic E-state index is -3.81. The Morgan fingerprint density at radius 2 is 1.70 bits per heavy atom. The molecule has 0 radical (unpaired) electrons. The molecule has 0 bridgehead atoms. The number of nitrogens with one attached hydrogen (secondary N) is 2. The number of benzene rings is 3. The molecule has 0 spiro atoms. The van der Waals surface area contributed by atoms with Crippen molar-refractivity contribution in [2.45, 2.75) is 11.3 Å². The summed E-state index contributed by atoms with van der Waals surface area (Å²) in [6.07, 6.45) is 0.296. The van der Waals surface area contributed by atoms with Crippen molar-refractivity contribution in [1.82, 2.24) is 0 Å². The van der Waals surface area contributed by atoms with Gasteiger partial charge in [0.15, 0.2) is 0 Å². The molecule has 1 amide bonds. The molecule has 8 heteroatoms. The van der Waals surface area contributed by atoms with Crippen molar-refractivity contribution in [2.24, 2.45) is 0 Å². The van der Waals surface area contributed by atoms with Crippen LogP contribution >= 0.6 is 0 Å². The van der Waals surface area contributed by atoms with E-state index in [4.69, 9.17) is 10.00 Å². The molecule has 30 heavy (non-hydrogen) atoms. The van der Waals surface area contributed by atoms with Crippen LogP contribution in [0.4, 0.5) is 11.4 Å². The lowest BCUT2D eigenvalue weighted by atomic mass is 10.1. The number of amides is 1. The first-order valence-corrected chi connectivity index (χ1v) is 10.4. The molecular formula is C22H19N3O4S. The summed E-state index contributed by atoms with van der Waals surface area (Å²) in [6, 6.07) is 21.2. The normalized spacial score (nSPS) is 10.7. The molecule has 0 unspecified atom stereocenters. The van der Waals surface area contributed by atoms with Crippen LogP contribution in [-0.2, 0) is 16.4 Å². The fourth-order valence-electron chi connectivity index (χ4n) is 2.69. The highest BCUT2D eigenvalue weighted by Gasteiger charge is 2.15. The largest absolute Gasteiger partial charge is 0.497 e. The second-order valence-electron chi connectivity index (χ2n) is 6.35. The van der Waals surface area contributed by atoms with E-state index in [2.05, 4.69) is 16.1 Å². The lowest BCUT2D eigenvalue weighted by Crippen LogP contribution is -2.15. The molecule has 0 aliphatic carbocycles. The van der Waals surface area contributed by atoms with Crippen LogP contribution in [0.5, 0.6) is 5.75 Å². The van der Waals surface area contributed by atoms with E-state index < -0.39 is 10.0 Å². The number of ether oxygens (including phenoxy) is 1. The Hall–Kier alpha value is -3.83. The molecule has 0 heterocycles. The Kier molecular flexibility index (Phi) is 6.35. The molecule has 0 atom stereocenters. The molecule has 7 nitrogen and oxygen atoms in total. The van der Waals surface area contributed by atoms with Crippen LogP contribution in [0.2, 0.25) is 0 Å². The fourth-order valence-corrected chi connectivity index (χ4v) is 3.74. The Morgan fingerprint density at radius 1 is 1.00 bits per heavy atom. The number of rotatable bonds is 7. The van der Waals surface area contributed by atoms with Crippen LogP contribution in [0.1, 0.15) is 15.9 Å². The van der Waals surface area contributed by atoms with Crippen LogP contribution < -0.4 is 14.8 Å². The number of sulfonamides is 1. The van der Waals surface area contributed by atoms with Crippen molar-refractivity contribution in [3.63, 3.8) is 0 Å². The third-order valence-corrected chi connectivity index (χ3v) is 5.64. The Morgan fingerprint density at radius 3 is 2.33 bits per heavy atom. The summed E-state index contributed by atoms with van der Waals surface area (Å²) in [5.41, 5.74) is 1.99. The molecule has 0 saturated heterocycles. The van der Waals surface area contributed by atoms with Gasteiger partial charge in [-0.05, 0) is 60.2 Å². The predicted octanol–water partition coefficient (Wildman–Crippen LogP) is 3.81. The Balaban J connectivity index is 1.73. The second kappa shape index (κ2) is 9.11. The highest BCUT2D eigenvalue weighted by molar-refractivity contribution is 7.92. The fraction of sp³-hybridized carbons (Fsp3) is 0.0909. The second-order valence-corrected chi connectivity index (χ2v) is 8.03. The first-order chi connectivity index (χ1) is 14.4. The smallest absolute Gasteiger partial charge is 0.261 e. The molecule has 3 aromatic rings. The highest BCUT2D eigenvalue weighted by atomic mass is 32.2. The van der Waals surface area contributed by atoms with Gasteiger partial charge in [0.2, 0.25) is 0 Å². The van der Waals surface area contributed by atoms with Crippen molar-refractivity contribution in [3.8, 4) is 11.8 Å². The molecule has 152 valence electrons. The third-order valence-electron chi connectivity index (χ3n) is 4.24. The monoisotopic (exact) mass is 421 g/mol. The standard InChI is InChI=1S/C22H19N3O4S/c1-29-20-9-11-21(12-10-20)30(27,28)25-19-4-2-3-17(15-19)22(26)24-18-7-5-16(6-8-18)13-14-23/h2-12,15,25H,13H2,1H3,(H,24,26). The van der Waals surface area contributed by atoms with Crippen LogP contribution in [-0.4, -0.2) is 21.4 Å². The van der Waals surface area contributed by atoms with Gasteiger partial charge in [-0.15, -0.1) is 0 Å². The van der Waals surface area contributed by atoms with Gasteiger partial charge in [0, 0.05) is 16.9 Å². The van der Waals surface area contributed by atoms with Gasteiger partial charge in [-0.3, -0.25) is 9.52 Å². The van der Waals surface area contributed by atoms with Crippen LogP contribution in [0.3, 0.4) is 0 Å². The van der Waals surface area contributed by atoms with Gasteiger partial charge in [-0.25, -0.2) is 8.42 Å². The van der Waals surface area contributed by atoms with E-state index in [1.54, 1.807) is 54.6 Å². The first kappa shape index (κ1) is 20.9. The summed E-state index contributed by atoms with van der Waals surface area (Å²) in [6.45, 7) is 0. The molecule has 3 rings (SSSR count). The van der Waals surface area contributed by atoms with Gasteiger partial charge < -0.3 is 10.1 Å². The number of hydrogen-bond donors (Lipinski definition) is 2. The molecule has 0 aromatic heterocycles. The van der Waals surface area contributed by atoms with Gasteiger partial charge in [-0.2, -0.15) is 5.26 Å². The number of nitrogens with zero attached hydrogens (tertiary/aromatic N) is 1. The summed E-state index contributed by atoms with van der Waals surface area (Å²) >= 11 is 0. The number of carbonyl (C=O) groups excluding carboxylic acids is 1. The molecular weight excluding hydrogens is 402 g/mol. The van der Waals surface area contributed by atoms with E-state index in [1.165, 1.54) is 25.3 Å². The van der Waals surface area contributed by atoms with Gasteiger partial charge in [0.25, 0.3) is 15.9 Å². The number of nitriles is 1. The summed E-state index contributed by atoms with van der Waals surface area (Å²) in [4.78, 5) is 12.6. The topological polar surface area (TPSA) is 108 Å². The molecule has 0 aliphatic heterocycles. The third kappa shape index (κ3) is 5.16. The first-order valence-electron chi connectivity index (χ1n) is 8.95. The van der Waals surface area contributed by atoms with Crippen LogP contribution in [0, 0.1) is 11.3 Å². The van der Waals surface area contributed by atoms with Crippen molar-refractivity contribution >= 4 is 27.3 Å². The van der Waals surface area contributed by atoms with Crippen molar-refractivity contribution in [1.29, 1.82) is 5.26 Å². The summed E-state index contributed by atoms with van der Waals surface area (Å²) in [5.74, 6) is 0.168. The van der Waals surface area contributed by atoms with Crippen molar-refractivity contribution in [2.75, 3.05) is 17.1 Å². The zero-order valence-electron chi connectivity index (χ0n) is 16.1. The zero-order chi connectivity index (χ0) is 21.6. The molecule has 3 aromatic carbocycles. The lowest BCUT2D eigenvalue weighted by molar-refractivity contribution is 0.102. The number of anilines is 2. The van der Waals surface area contributed by atoms with E-state index in [0.717, 1.165) is 5.56 Å². The maximum absolute atomic E-state index is 12.6. The number of carbonyl (C=O) groups is 1. The van der Waals surface area contributed by atoms with Gasteiger partial charge >= 0.3 is 0 Å². The summed E-state index contributed by atoms with van der Waals surface area (Å²) in [7, 11) is -2.31. The molecule has 0 fully saturated rings. The quantitative estimate of drug-likeness (QED) is 0.603. The molecule has 0 saturated carbocycles.